The van der Waals surface area contributed by atoms with E-state index in [1.54, 1.807) is 13.0 Å². The van der Waals surface area contributed by atoms with Gasteiger partial charge in [-0.3, -0.25) is 4.57 Å². The molecule has 84 valence electrons. The fourth-order valence-electron chi connectivity index (χ4n) is 1.72. The fraction of sp³-hybridized carbons (Fsp3) is 0.273. The van der Waals surface area contributed by atoms with Gasteiger partial charge in [0.1, 0.15) is 0 Å². The number of aromatic nitrogens is 2. The molecule has 0 bridgehead atoms. The van der Waals surface area contributed by atoms with Gasteiger partial charge in [0.25, 0.3) is 0 Å². The van der Waals surface area contributed by atoms with Crippen LogP contribution in [0.5, 0.6) is 0 Å². The monoisotopic (exact) mass is 236 g/mol. The maximum atomic E-state index is 11.0. The van der Waals surface area contributed by atoms with Crippen molar-refractivity contribution < 1.29 is 9.90 Å². The van der Waals surface area contributed by atoms with Gasteiger partial charge >= 0.3 is 5.97 Å². The second kappa shape index (κ2) is 3.75. The Balaban J connectivity index is 2.61. The van der Waals surface area contributed by atoms with Gasteiger partial charge in [0.05, 0.1) is 11.3 Å². The Bertz CT molecular complexity index is 554. The van der Waals surface area contributed by atoms with Gasteiger partial charge in [-0.2, -0.15) is 0 Å². The van der Waals surface area contributed by atoms with Gasteiger partial charge in [-0.25, -0.2) is 9.78 Å². The van der Waals surface area contributed by atoms with Crippen molar-refractivity contribution >= 4 is 17.3 Å². The fourth-order valence-corrected chi connectivity index (χ4v) is 2.63. The van der Waals surface area contributed by atoms with E-state index in [0.717, 1.165) is 22.2 Å². The average molecular weight is 236 g/mol. The highest BCUT2D eigenvalue weighted by atomic mass is 32.1. The Morgan fingerprint density at radius 1 is 1.44 bits per heavy atom. The molecule has 0 saturated carbocycles. The molecule has 1 N–H and O–H groups in total. The summed E-state index contributed by atoms with van der Waals surface area (Å²) in [5, 5.41) is 11.8. The molecule has 0 amide bonds. The van der Waals surface area contributed by atoms with E-state index in [0.29, 0.717) is 5.56 Å². The smallest absolute Gasteiger partial charge is 0.337 e. The second-order valence-corrected chi connectivity index (χ2v) is 4.53. The van der Waals surface area contributed by atoms with Crippen molar-refractivity contribution in [2.45, 2.75) is 20.8 Å². The summed E-state index contributed by atoms with van der Waals surface area (Å²) in [5.41, 5.74) is 2.90. The maximum Gasteiger partial charge on any atom is 0.337 e. The van der Waals surface area contributed by atoms with Crippen LogP contribution in [0.15, 0.2) is 11.4 Å². The molecule has 0 aliphatic heterocycles. The molecule has 0 aliphatic rings. The molecule has 0 spiro atoms. The lowest BCUT2D eigenvalue weighted by Gasteiger charge is -2.04. The van der Waals surface area contributed by atoms with E-state index >= 15 is 0 Å². The molecule has 5 heteroatoms. The first-order valence-electron chi connectivity index (χ1n) is 4.85. The standard InChI is InChI=1S/C11H12N2O2S/c1-6-5-16-11(12-6)13-7(2)4-9(8(13)3)10(14)15/h4-5H,1-3H3,(H,14,15). The summed E-state index contributed by atoms with van der Waals surface area (Å²) in [6.45, 7) is 5.61. The number of rotatable bonds is 2. The van der Waals surface area contributed by atoms with Crippen molar-refractivity contribution in [2.75, 3.05) is 0 Å². The van der Waals surface area contributed by atoms with Gasteiger partial charge in [-0.15, -0.1) is 11.3 Å². The van der Waals surface area contributed by atoms with Crippen molar-refractivity contribution in [1.82, 2.24) is 9.55 Å². The zero-order valence-corrected chi connectivity index (χ0v) is 10.1. The Morgan fingerprint density at radius 2 is 2.12 bits per heavy atom. The van der Waals surface area contributed by atoms with Crippen LogP contribution in [0.4, 0.5) is 0 Å². The molecule has 0 unspecified atom stereocenters. The highest BCUT2D eigenvalue weighted by Crippen LogP contribution is 2.23. The molecule has 0 fully saturated rings. The largest absolute Gasteiger partial charge is 0.478 e. The van der Waals surface area contributed by atoms with Crippen LogP contribution in [0.3, 0.4) is 0 Å². The van der Waals surface area contributed by atoms with Crippen molar-refractivity contribution in [3.05, 3.63) is 34.1 Å². The Labute approximate surface area is 97.2 Å². The third-order valence-electron chi connectivity index (χ3n) is 2.46. The zero-order chi connectivity index (χ0) is 11.9. The molecular formula is C11H12N2O2S. The highest BCUT2D eigenvalue weighted by Gasteiger charge is 2.16. The molecule has 0 aliphatic carbocycles. The summed E-state index contributed by atoms with van der Waals surface area (Å²) in [6, 6.07) is 1.68. The maximum absolute atomic E-state index is 11.0. The van der Waals surface area contributed by atoms with Crippen molar-refractivity contribution in [1.29, 1.82) is 0 Å². The van der Waals surface area contributed by atoms with E-state index in [1.165, 1.54) is 11.3 Å². The molecule has 16 heavy (non-hydrogen) atoms. The quantitative estimate of drug-likeness (QED) is 0.871. The lowest BCUT2D eigenvalue weighted by Crippen LogP contribution is -2.02. The van der Waals surface area contributed by atoms with Crippen LogP contribution < -0.4 is 0 Å². The Hall–Kier alpha value is -1.62. The normalized spacial score (nSPS) is 10.7. The minimum Gasteiger partial charge on any atom is -0.478 e. The molecule has 0 atom stereocenters. The van der Waals surface area contributed by atoms with Crippen LogP contribution in [0.2, 0.25) is 0 Å². The van der Waals surface area contributed by atoms with Crippen LogP contribution >= 0.6 is 11.3 Å². The predicted octanol–water partition coefficient (Wildman–Crippen LogP) is 2.56. The number of hydrogen-bond acceptors (Lipinski definition) is 3. The Kier molecular flexibility index (Phi) is 2.55. The molecule has 4 nitrogen and oxygen atoms in total. The van der Waals surface area contributed by atoms with E-state index in [2.05, 4.69) is 4.98 Å². The van der Waals surface area contributed by atoms with E-state index in [4.69, 9.17) is 5.11 Å². The van der Waals surface area contributed by atoms with Crippen molar-refractivity contribution in [2.24, 2.45) is 0 Å². The number of carboxylic acid groups (broad SMARTS) is 1. The number of aryl methyl sites for hydroxylation is 2. The van der Waals surface area contributed by atoms with Gasteiger partial charge in [0.15, 0.2) is 5.13 Å². The molecule has 2 aromatic heterocycles. The lowest BCUT2D eigenvalue weighted by molar-refractivity contribution is 0.0696. The van der Waals surface area contributed by atoms with Gasteiger partial charge in [-0.05, 0) is 26.8 Å². The Morgan fingerprint density at radius 3 is 2.56 bits per heavy atom. The predicted molar refractivity (Wildman–Crippen MR) is 62.6 cm³/mol. The minimum absolute atomic E-state index is 0.338. The summed E-state index contributed by atoms with van der Waals surface area (Å²) in [7, 11) is 0. The summed E-state index contributed by atoms with van der Waals surface area (Å²) in [6.07, 6.45) is 0. The summed E-state index contributed by atoms with van der Waals surface area (Å²) in [4.78, 5) is 15.4. The molecule has 0 aromatic carbocycles. The lowest BCUT2D eigenvalue weighted by atomic mass is 10.2. The molecule has 0 radical (unpaired) electrons. The molecule has 0 saturated heterocycles. The zero-order valence-electron chi connectivity index (χ0n) is 9.31. The van der Waals surface area contributed by atoms with Crippen molar-refractivity contribution in [3.63, 3.8) is 0 Å². The topological polar surface area (TPSA) is 55.1 Å². The minimum atomic E-state index is -0.896. The SMILES string of the molecule is Cc1csc(-n2c(C)cc(C(=O)O)c2C)n1. The first-order valence-corrected chi connectivity index (χ1v) is 5.73. The second-order valence-electron chi connectivity index (χ2n) is 3.70. The number of nitrogens with zero attached hydrogens (tertiary/aromatic N) is 2. The van der Waals surface area contributed by atoms with Gasteiger partial charge < -0.3 is 5.11 Å². The average Bonchev–Trinajstić information content (AvgIpc) is 2.71. The number of hydrogen-bond donors (Lipinski definition) is 1. The molecule has 2 heterocycles. The first-order chi connectivity index (χ1) is 7.50. The van der Waals surface area contributed by atoms with Crippen LogP contribution in [0.1, 0.15) is 27.4 Å². The van der Waals surface area contributed by atoms with E-state index in [-0.39, 0.29) is 0 Å². The first kappa shape index (κ1) is 10.9. The third-order valence-corrected chi connectivity index (χ3v) is 3.40. The van der Waals surface area contributed by atoms with E-state index in [9.17, 15) is 4.79 Å². The molecule has 2 aromatic rings. The summed E-state index contributed by atoms with van der Waals surface area (Å²) >= 11 is 1.51. The van der Waals surface area contributed by atoms with Gasteiger partial charge in [0.2, 0.25) is 0 Å². The van der Waals surface area contributed by atoms with E-state index < -0.39 is 5.97 Å². The van der Waals surface area contributed by atoms with Gasteiger partial charge in [0, 0.05) is 16.8 Å². The third kappa shape index (κ3) is 1.63. The summed E-state index contributed by atoms with van der Waals surface area (Å²) < 4.78 is 1.88. The van der Waals surface area contributed by atoms with Gasteiger partial charge in [-0.1, -0.05) is 0 Å². The number of carbonyl (C=O) groups is 1. The summed E-state index contributed by atoms with van der Waals surface area (Å²) in [5.74, 6) is -0.896. The number of thiazole rings is 1. The molecule has 2 rings (SSSR count). The van der Waals surface area contributed by atoms with Crippen molar-refractivity contribution in [3.8, 4) is 5.13 Å². The van der Waals surface area contributed by atoms with Crippen LogP contribution in [0.25, 0.3) is 5.13 Å². The highest BCUT2D eigenvalue weighted by molar-refractivity contribution is 7.12. The molecular weight excluding hydrogens is 224 g/mol. The van der Waals surface area contributed by atoms with Crippen LogP contribution in [0, 0.1) is 20.8 Å². The van der Waals surface area contributed by atoms with Crippen LogP contribution in [-0.2, 0) is 0 Å². The number of aromatic carboxylic acids is 1. The van der Waals surface area contributed by atoms with E-state index in [1.807, 2.05) is 23.8 Å². The number of carboxylic acids is 1. The van der Waals surface area contributed by atoms with Crippen LogP contribution in [-0.4, -0.2) is 20.6 Å².